The molecular formula is C27H29N5O4S. The first-order valence-corrected chi connectivity index (χ1v) is 13.2. The zero-order valence-electron chi connectivity index (χ0n) is 21.0. The number of amides is 2. The Morgan fingerprint density at radius 1 is 1.05 bits per heavy atom. The number of benzene rings is 1. The van der Waals surface area contributed by atoms with Gasteiger partial charge in [-0.1, -0.05) is 0 Å². The number of aryl methyl sites for hydroxylation is 1. The number of likely N-dealkylation sites (tertiary alicyclic amines) is 1. The smallest absolute Gasteiger partial charge is 0.326 e. The first kappa shape index (κ1) is 23.9. The van der Waals surface area contributed by atoms with Crippen LogP contribution in [0.15, 0.2) is 42.6 Å². The second-order valence-corrected chi connectivity index (χ2v) is 10.7. The van der Waals surface area contributed by atoms with E-state index in [0.717, 1.165) is 51.0 Å². The lowest BCUT2D eigenvalue weighted by atomic mass is 10.2. The highest BCUT2D eigenvalue weighted by Crippen LogP contribution is 2.34. The molecule has 2 unspecified atom stereocenters. The van der Waals surface area contributed by atoms with Crippen molar-refractivity contribution in [3.8, 4) is 0 Å². The van der Waals surface area contributed by atoms with E-state index in [4.69, 9.17) is 9.47 Å². The number of pyridine rings is 1. The summed E-state index contributed by atoms with van der Waals surface area (Å²) >= 11 is 1.43. The SMILES string of the molecule is COC1CN(C(=O)c2cc3nccc(Nc4ccc5c(c4)cc(C)n5C(=O)NC4CC4)c3s2)CC1OC. The zero-order chi connectivity index (χ0) is 25.7. The van der Waals surface area contributed by atoms with Crippen molar-refractivity contribution in [2.45, 2.75) is 38.0 Å². The van der Waals surface area contributed by atoms with Gasteiger partial charge in [-0.05, 0) is 56.2 Å². The third-order valence-corrected chi connectivity index (χ3v) is 8.25. The number of methoxy groups -OCH3 is 2. The number of hydrogen-bond acceptors (Lipinski definition) is 7. The van der Waals surface area contributed by atoms with Crippen LogP contribution in [0.25, 0.3) is 21.1 Å². The molecule has 2 atom stereocenters. The Morgan fingerprint density at radius 2 is 1.81 bits per heavy atom. The number of nitrogens with zero attached hydrogens (tertiary/aromatic N) is 3. The van der Waals surface area contributed by atoms with Crippen LogP contribution in [-0.4, -0.2) is 71.9 Å². The summed E-state index contributed by atoms with van der Waals surface area (Å²) in [5.41, 5.74) is 4.31. The fourth-order valence-corrected chi connectivity index (χ4v) is 6.04. The van der Waals surface area contributed by atoms with Crippen molar-refractivity contribution in [3.63, 3.8) is 0 Å². The van der Waals surface area contributed by atoms with E-state index in [1.54, 1.807) is 29.9 Å². The van der Waals surface area contributed by atoms with Gasteiger partial charge in [0.25, 0.3) is 5.91 Å². The number of anilines is 2. The van der Waals surface area contributed by atoms with Gasteiger partial charge in [-0.25, -0.2) is 4.79 Å². The summed E-state index contributed by atoms with van der Waals surface area (Å²) in [5, 5.41) is 7.54. The third kappa shape index (κ3) is 4.45. The van der Waals surface area contributed by atoms with Gasteiger partial charge in [-0.15, -0.1) is 11.3 Å². The molecule has 4 heterocycles. The largest absolute Gasteiger partial charge is 0.377 e. The number of nitrogens with one attached hydrogen (secondary N) is 2. The van der Waals surface area contributed by atoms with Crippen LogP contribution >= 0.6 is 11.3 Å². The fraction of sp³-hybridized carbons (Fsp3) is 0.370. The fourth-order valence-electron chi connectivity index (χ4n) is 4.98. The number of carbonyl (C=O) groups excluding carboxylic acids is 2. The second kappa shape index (κ2) is 9.44. The van der Waals surface area contributed by atoms with E-state index in [2.05, 4.69) is 15.6 Å². The number of aromatic nitrogens is 2. The molecule has 4 aromatic rings. The molecule has 0 spiro atoms. The highest BCUT2D eigenvalue weighted by Gasteiger charge is 2.36. The minimum absolute atomic E-state index is 0.0433. The Morgan fingerprint density at radius 3 is 2.51 bits per heavy atom. The van der Waals surface area contributed by atoms with E-state index in [9.17, 15) is 9.59 Å². The summed E-state index contributed by atoms with van der Waals surface area (Å²) in [7, 11) is 3.28. The highest BCUT2D eigenvalue weighted by molar-refractivity contribution is 7.21. The van der Waals surface area contributed by atoms with Crippen molar-refractivity contribution in [1.29, 1.82) is 0 Å². The van der Waals surface area contributed by atoms with Gasteiger partial charge >= 0.3 is 6.03 Å². The van der Waals surface area contributed by atoms with Crippen molar-refractivity contribution >= 4 is 55.8 Å². The number of rotatable bonds is 6. The molecular weight excluding hydrogens is 490 g/mol. The maximum absolute atomic E-state index is 13.3. The molecule has 0 radical (unpaired) electrons. The molecule has 6 rings (SSSR count). The lowest BCUT2D eigenvalue weighted by molar-refractivity contribution is -0.00461. The van der Waals surface area contributed by atoms with Crippen LogP contribution in [0.2, 0.25) is 0 Å². The summed E-state index contributed by atoms with van der Waals surface area (Å²) < 4.78 is 13.6. The topological polar surface area (TPSA) is 97.7 Å². The molecule has 3 aromatic heterocycles. The minimum Gasteiger partial charge on any atom is -0.377 e. The lowest BCUT2D eigenvalue weighted by Crippen LogP contribution is -2.30. The normalized spacial score (nSPS) is 19.6. The molecule has 2 amide bonds. The van der Waals surface area contributed by atoms with Gasteiger partial charge < -0.3 is 25.0 Å². The number of ether oxygens (including phenoxy) is 2. The van der Waals surface area contributed by atoms with Crippen molar-refractivity contribution < 1.29 is 19.1 Å². The zero-order valence-corrected chi connectivity index (χ0v) is 21.8. The van der Waals surface area contributed by atoms with Crippen LogP contribution in [0.5, 0.6) is 0 Å². The molecule has 1 aliphatic carbocycles. The van der Waals surface area contributed by atoms with Crippen LogP contribution in [0.1, 0.15) is 28.2 Å². The second-order valence-electron chi connectivity index (χ2n) is 9.69. The van der Waals surface area contributed by atoms with Gasteiger partial charge in [0.1, 0.15) is 12.2 Å². The van der Waals surface area contributed by atoms with Gasteiger partial charge in [-0.3, -0.25) is 14.3 Å². The molecule has 0 bridgehead atoms. The monoisotopic (exact) mass is 519 g/mol. The lowest BCUT2D eigenvalue weighted by Gasteiger charge is -2.14. The Bertz CT molecular complexity index is 1500. The first-order valence-electron chi connectivity index (χ1n) is 12.4. The quantitative estimate of drug-likeness (QED) is 0.389. The predicted molar refractivity (Wildman–Crippen MR) is 144 cm³/mol. The van der Waals surface area contributed by atoms with Gasteiger partial charge in [0.2, 0.25) is 0 Å². The molecule has 10 heteroatoms. The van der Waals surface area contributed by atoms with E-state index >= 15 is 0 Å². The number of carbonyl (C=O) groups is 2. The first-order chi connectivity index (χ1) is 17.9. The molecule has 1 aliphatic heterocycles. The number of thiophene rings is 1. The molecule has 2 N–H and O–H groups in total. The summed E-state index contributed by atoms with van der Waals surface area (Å²) in [4.78, 5) is 32.9. The summed E-state index contributed by atoms with van der Waals surface area (Å²) in [6.45, 7) is 2.94. The van der Waals surface area contributed by atoms with Crippen molar-refractivity contribution in [2.24, 2.45) is 0 Å². The van der Waals surface area contributed by atoms with Crippen molar-refractivity contribution in [1.82, 2.24) is 19.8 Å². The predicted octanol–water partition coefficient (Wildman–Crippen LogP) is 4.51. The summed E-state index contributed by atoms with van der Waals surface area (Å²) in [6.07, 6.45) is 3.57. The summed E-state index contributed by atoms with van der Waals surface area (Å²) in [6, 6.07) is 12.0. The van der Waals surface area contributed by atoms with E-state index in [1.807, 2.05) is 43.3 Å². The van der Waals surface area contributed by atoms with Crippen molar-refractivity contribution in [2.75, 3.05) is 32.6 Å². The van der Waals surface area contributed by atoms with E-state index in [1.165, 1.54) is 11.3 Å². The van der Waals surface area contributed by atoms with Crippen LogP contribution < -0.4 is 10.6 Å². The minimum atomic E-state index is -0.133. The molecule has 2 aliphatic rings. The van der Waals surface area contributed by atoms with Gasteiger partial charge in [0, 0.05) is 56.3 Å². The van der Waals surface area contributed by atoms with Crippen LogP contribution in [-0.2, 0) is 9.47 Å². The third-order valence-electron chi connectivity index (χ3n) is 7.10. The Balaban J connectivity index is 1.25. The van der Waals surface area contributed by atoms with Crippen LogP contribution in [0, 0.1) is 6.92 Å². The van der Waals surface area contributed by atoms with E-state index in [-0.39, 0.29) is 24.1 Å². The van der Waals surface area contributed by atoms with Gasteiger partial charge in [0.15, 0.2) is 0 Å². The van der Waals surface area contributed by atoms with E-state index < -0.39 is 0 Å². The molecule has 1 aromatic carbocycles. The van der Waals surface area contributed by atoms with Crippen LogP contribution in [0.3, 0.4) is 0 Å². The highest BCUT2D eigenvalue weighted by atomic mass is 32.1. The Kier molecular flexibility index (Phi) is 6.10. The molecule has 2 fully saturated rings. The Hall–Kier alpha value is -3.47. The molecule has 1 saturated heterocycles. The standard InChI is InChI=1S/C27H29N5O4S/c1-15-10-16-11-18(6-7-21(16)32(15)27(34)30-17-4-5-17)29-19-8-9-28-20-12-24(37-25(19)20)26(33)31-13-22(35-2)23(14-31)36-3/h6-12,17,22-23H,4-5,13-14H2,1-3H3,(H,28,29)(H,30,34). The maximum atomic E-state index is 13.3. The molecule has 192 valence electrons. The summed E-state index contributed by atoms with van der Waals surface area (Å²) in [5.74, 6) is -0.0433. The van der Waals surface area contributed by atoms with Gasteiger partial charge in [0.05, 0.1) is 26.3 Å². The average molecular weight is 520 g/mol. The number of fused-ring (bicyclic) bond motifs is 2. The number of hydrogen-bond donors (Lipinski definition) is 2. The molecule has 37 heavy (non-hydrogen) atoms. The Labute approximate surface area is 218 Å². The maximum Gasteiger partial charge on any atom is 0.326 e. The van der Waals surface area contributed by atoms with Crippen LogP contribution in [0.4, 0.5) is 16.2 Å². The molecule has 1 saturated carbocycles. The van der Waals surface area contributed by atoms with Crippen molar-refractivity contribution in [3.05, 3.63) is 53.2 Å². The van der Waals surface area contributed by atoms with E-state index in [0.29, 0.717) is 24.0 Å². The molecule has 9 nitrogen and oxygen atoms in total. The van der Waals surface area contributed by atoms with Gasteiger partial charge in [-0.2, -0.15) is 0 Å². The average Bonchev–Trinajstić information content (AvgIpc) is 3.30.